The molecule has 2 aliphatic rings. The number of halogens is 3. The van der Waals surface area contributed by atoms with Gasteiger partial charge in [-0.3, -0.25) is 4.79 Å². The van der Waals surface area contributed by atoms with E-state index in [1.165, 1.54) is 17.8 Å². The van der Waals surface area contributed by atoms with Crippen LogP contribution in [0.25, 0.3) is 0 Å². The maximum absolute atomic E-state index is 12.9. The number of alkyl halides is 3. The van der Waals surface area contributed by atoms with Crippen molar-refractivity contribution in [3.63, 3.8) is 0 Å². The zero-order valence-corrected chi connectivity index (χ0v) is 17.0. The normalized spacial score (nSPS) is 16.5. The Morgan fingerprint density at radius 3 is 2.43 bits per heavy atom. The van der Waals surface area contributed by atoms with Crippen molar-refractivity contribution < 1.29 is 27.4 Å². The first kappa shape index (κ1) is 20.7. The second-order valence-electron chi connectivity index (χ2n) is 7.01. The number of nitrogens with zero attached hydrogens (tertiary/aromatic N) is 2. The summed E-state index contributed by atoms with van der Waals surface area (Å²) in [5, 5.41) is 0. The van der Waals surface area contributed by atoms with E-state index in [1.807, 2.05) is 23.1 Å². The van der Waals surface area contributed by atoms with E-state index < -0.39 is 11.7 Å². The number of benzene rings is 2. The summed E-state index contributed by atoms with van der Waals surface area (Å²) in [6.45, 7) is 3.01. The van der Waals surface area contributed by atoms with E-state index in [0.29, 0.717) is 62.3 Å². The standard InChI is InChI=1S/C21H21F3N2O3S/c22-21(23,24)15-2-1-3-16(12-15)25-6-8-26(9-7-25)20(27)14-30-17-4-5-18-19(13-17)29-11-10-28-18/h1-5,12-13H,6-11,14H2. The number of hydrogen-bond acceptors (Lipinski definition) is 5. The van der Waals surface area contributed by atoms with Crippen LogP contribution < -0.4 is 14.4 Å². The largest absolute Gasteiger partial charge is 0.486 e. The number of carbonyl (C=O) groups excluding carboxylic acids is 1. The van der Waals surface area contributed by atoms with Crippen molar-refractivity contribution in [1.82, 2.24) is 4.90 Å². The summed E-state index contributed by atoms with van der Waals surface area (Å²) in [4.78, 5) is 17.1. The fourth-order valence-electron chi connectivity index (χ4n) is 3.44. The molecule has 0 bridgehead atoms. The van der Waals surface area contributed by atoms with Crippen molar-refractivity contribution in [2.75, 3.05) is 50.0 Å². The molecule has 0 aliphatic carbocycles. The molecule has 0 radical (unpaired) electrons. The topological polar surface area (TPSA) is 42.0 Å². The maximum Gasteiger partial charge on any atom is 0.416 e. The van der Waals surface area contributed by atoms with E-state index in [-0.39, 0.29) is 5.91 Å². The molecule has 1 fully saturated rings. The lowest BCUT2D eigenvalue weighted by Gasteiger charge is -2.36. The molecule has 2 aromatic carbocycles. The smallest absolute Gasteiger partial charge is 0.416 e. The molecule has 0 N–H and O–H groups in total. The Morgan fingerprint density at radius 2 is 1.70 bits per heavy atom. The van der Waals surface area contributed by atoms with Crippen molar-refractivity contribution in [3.8, 4) is 11.5 Å². The quantitative estimate of drug-likeness (QED) is 0.677. The molecule has 0 atom stereocenters. The van der Waals surface area contributed by atoms with Gasteiger partial charge in [-0.1, -0.05) is 6.07 Å². The van der Waals surface area contributed by atoms with Crippen LogP contribution >= 0.6 is 11.8 Å². The number of amides is 1. The van der Waals surface area contributed by atoms with Crippen molar-refractivity contribution in [2.45, 2.75) is 11.1 Å². The highest BCUT2D eigenvalue weighted by Gasteiger charge is 2.31. The fraction of sp³-hybridized carbons (Fsp3) is 0.381. The van der Waals surface area contributed by atoms with Crippen LogP contribution in [-0.2, 0) is 11.0 Å². The van der Waals surface area contributed by atoms with Crippen LogP contribution in [0.15, 0.2) is 47.4 Å². The van der Waals surface area contributed by atoms with Gasteiger partial charge in [0.15, 0.2) is 11.5 Å². The van der Waals surface area contributed by atoms with Gasteiger partial charge in [-0.05, 0) is 36.4 Å². The first-order chi connectivity index (χ1) is 14.4. The molecule has 0 aromatic heterocycles. The molecule has 5 nitrogen and oxygen atoms in total. The van der Waals surface area contributed by atoms with Crippen LogP contribution in [0.4, 0.5) is 18.9 Å². The molecular formula is C21H21F3N2O3S. The third-order valence-electron chi connectivity index (χ3n) is 5.05. The summed E-state index contributed by atoms with van der Waals surface area (Å²) < 4.78 is 49.9. The summed E-state index contributed by atoms with van der Waals surface area (Å²) in [6, 6.07) is 10.9. The second-order valence-corrected chi connectivity index (χ2v) is 8.06. The van der Waals surface area contributed by atoms with Gasteiger partial charge < -0.3 is 19.3 Å². The molecule has 0 unspecified atom stereocenters. The van der Waals surface area contributed by atoms with Crippen LogP contribution in [0.3, 0.4) is 0 Å². The lowest BCUT2D eigenvalue weighted by molar-refractivity contribution is -0.137. The molecule has 2 aliphatic heterocycles. The van der Waals surface area contributed by atoms with Crippen LogP contribution in [0, 0.1) is 0 Å². The number of carbonyl (C=O) groups is 1. The number of anilines is 1. The monoisotopic (exact) mass is 438 g/mol. The fourth-order valence-corrected chi connectivity index (χ4v) is 4.27. The van der Waals surface area contributed by atoms with Gasteiger partial charge in [0.1, 0.15) is 13.2 Å². The molecular weight excluding hydrogens is 417 g/mol. The van der Waals surface area contributed by atoms with Crippen LogP contribution in [-0.4, -0.2) is 56.0 Å². The SMILES string of the molecule is O=C(CSc1ccc2c(c1)OCCO2)N1CCN(c2cccc(C(F)(F)F)c2)CC1. The van der Waals surface area contributed by atoms with Crippen molar-refractivity contribution in [2.24, 2.45) is 0 Å². The maximum atomic E-state index is 12.9. The molecule has 2 heterocycles. The van der Waals surface area contributed by atoms with Crippen molar-refractivity contribution >= 4 is 23.4 Å². The summed E-state index contributed by atoms with van der Waals surface area (Å²) in [5.41, 5.74) is -0.128. The highest BCUT2D eigenvalue weighted by molar-refractivity contribution is 8.00. The van der Waals surface area contributed by atoms with Crippen LogP contribution in [0.5, 0.6) is 11.5 Å². The number of hydrogen-bond donors (Lipinski definition) is 0. The summed E-state index contributed by atoms with van der Waals surface area (Å²) in [5.74, 6) is 1.71. The van der Waals surface area contributed by atoms with Crippen LogP contribution in [0.2, 0.25) is 0 Å². The van der Waals surface area contributed by atoms with E-state index >= 15 is 0 Å². The lowest BCUT2D eigenvalue weighted by atomic mass is 10.1. The van der Waals surface area contributed by atoms with E-state index in [9.17, 15) is 18.0 Å². The Balaban J connectivity index is 1.29. The molecule has 160 valence electrons. The molecule has 2 aromatic rings. The van der Waals surface area contributed by atoms with Crippen molar-refractivity contribution in [1.29, 1.82) is 0 Å². The van der Waals surface area contributed by atoms with Crippen molar-refractivity contribution in [3.05, 3.63) is 48.0 Å². The lowest BCUT2D eigenvalue weighted by Crippen LogP contribution is -2.49. The minimum atomic E-state index is -4.36. The second kappa shape index (κ2) is 8.67. The molecule has 1 amide bonds. The Kier molecular flexibility index (Phi) is 5.99. The number of rotatable bonds is 4. The Labute approximate surface area is 176 Å². The zero-order chi connectivity index (χ0) is 21.1. The number of piperazine rings is 1. The van der Waals surface area contributed by atoms with E-state index in [2.05, 4.69) is 0 Å². The predicted molar refractivity (Wildman–Crippen MR) is 108 cm³/mol. The number of thioether (sulfide) groups is 1. The molecule has 30 heavy (non-hydrogen) atoms. The van der Waals surface area contributed by atoms with Gasteiger partial charge in [0.05, 0.1) is 11.3 Å². The van der Waals surface area contributed by atoms with Gasteiger partial charge in [0, 0.05) is 36.8 Å². The van der Waals surface area contributed by atoms with Crippen LogP contribution in [0.1, 0.15) is 5.56 Å². The minimum absolute atomic E-state index is 0.0126. The minimum Gasteiger partial charge on any atom is -0.486 e. The molecule has 1 saturated heterocycles. The molecule has 9 heteroatoms. The average Bonchev–Trinajstić information content (AvgIpc) is 2.77. The highest BCUT2D eigenvalue weighted by Crippen LogP contribution is 2.34. The molecule has 4 rings (SSSR count). The van der Waals surface area contributed by atoms with Gasteiger partial charge in [-0.25, -0.2) is 0 Å². The van der Waals surface area contributed by atoms with Gasteiger partial charge >= 0.3 is 6.18 Å². The average molecular weight is 438 g/mol. The number of ether oxygens (including phenoxy) is 2. The van der Waals surface area contributed by atoms with E-state index in [0.717, 1.165) is 17.0 Å². The predicted octanol–water partition coefficient (Wildman–Crippen LogP) is 3.92. The highest BCUT2D eigenvalue weighted by atomic mass is 32.2. The molecule has 0 spiro atoms. The third-order valence-corrected chi connectivity index (χ3v) is 6.03. The van der Waals surface area contributed by atoms with E-state index in [4.69, 9.17) is 9.47 Å². The Hall–Kier alpha value is -2.55. The Bertz CT molecular complexity index is 915. The Morgan fingerprint density at radius 1 is 0.967 bits per heavy atom. The number of fused-ring (bicyclic) bond motifs is 1. The first-order valence-electron chi connectivity index (χ1n) is 9.62. The third kappa shape index (κ3) is 4.77. The molecule has 0 saturated carbocycles. The van der Waals surface area contributed by atoms with Gasteiger partial charge in [0.25, 0.3) is 0 Å². The first-order valence-corrected chi connectivity index (χ1v) is 10.6. The van der Waals surface area contributed by atoms with Gasteiger partial charge in [0.2, 0.25) is 5.91 Å². The van der Waals surface area contributed by atoms with Gasteiger partial charge in [-0.15, -0.1) is 11.8 Å². The van der Waals surface area contributed by atoms with E-state index in [1.54, 1.807) is 11.0 Å². The zero-order valence-electron chi connectivity index (χ0n) is 16.2. The summed E-state index contributed by atoms with van der Waals surface area (Å²) in [6.07, 6.45) is -4.36. The summed E-state index contributed by atoms with van der Waals surface area (Å²) in [7, 11) is 0. The van der Waals surface area contributed by atoms with Gasteiger partial charge in [-0.2, -0.15) is 13.2 Å². The summed E-state index contributed by atoms with van der Waals surface area (Å²) >= 11 is 1.43.